The van der Waals surface area contributed by atoms with Crippen molar-refractivity contribution in [3.63, 3.8) is 0 Å². The number of ether oxygens (including phenoxy) is 1. The third-order valence-electron chi connectivity index (χ3n) is 4.62. The maximum Gasteiger partial charge on any atom is 0.344 e. The highest BCUT2D eigenvalue weighted by molar-refractivity contribution is 8.02. The first kappa shape index (κ1) is 16.1. The number of carbonyl (C=O) groups is 2. The molecule has 4 nitrogen and oxygen atoms in total. The number of anilines is 1. The number of hydrogen-bond acceptors (Lipinski definition) is 4. The number of fused-ring (bicyclic) bond motifs is 3. The minimum atomic E-state index is -1.03. The number of rotatable bonds is 3. The van der Waals surface area contributed by atoms with E-state index < -0.39 is 16.9 Å². The lowest BCUT2D eigenvalue weighted by molar-refractivity contribution is -0.151. The number of nitrogens with zero attached hydrogens (tertiary/aromatic N) is 1. The Bertz CT molecular complexity index is 854. The van der Waals surface area contributed by atoms with Crippen LogP contribution in [0.15, 0.2) is 53.4 Å². The molecule has 4 rings (SSSR count). The summed E-state index contributed by atoms with van der Waals surface area (Å²) in [5.41, 5.74) is 1.48. The van der Waals surface area contributed by atoms with Gasteiger partial charge < -0.3 is 4.74 Å². The van der Waals surface area contributed by atoms with Gasteiger partial charge in [-0.2, -0.15) is 0 Å². The van der Waals surface area contributed by atoms with Crippen LogP contribution < -0.4 is 4.90 Å². The summed E-state index contributed by atoms with van der Waals surface area (Å²) < 4.78 is 18.7. The first-order chi connectivity index (χ1) is 12.0. The standard InChI is InChI=1S/C19H16FNO3S/c1-12(13-6-8-14(20)9-7-13)24-18(23)19-11-10-17(22)21(19)15-4-2-3-5-16(15)25-19/h2-9,12H,10-11H2,1H3/t12-,19+/m1/s1. The third kappa shape index (κ3) is 2.52. The van der Waals surface area contributed by atoms with Gasteiger partial charge in [-0.15, -0.1) is 0 Å². The summed E-state index contributed by atoms with van der Waals surface area (Å²) in [6, 6.07) is 13.4. The van der Waals surface area contributed by atoms with Gasteiger partial charge in [-0.25, -0.2) is 9.18 Å². The first-order valence-electron chi connectivity index (χ1n) is 8.09. The van der Waals surface area contributed by atoms with E-state index in [9.17, 15) is 14.0 Å². The van der Waals surface area contributed by atoms with Crippen LogP contribution in [0.1, 0.15) is 31.4 Å². The maximum atomic E-state index is 13.1. The Morgan fingerprint density at radius 2 is 1.96 bits per heavy atom. The fourth-order valence-electron chi connectivity index (χ4n) is 3.33. The average molecular weight is 357 g/mol. The van der Waals surface area contributed by atoms with Crippen LogP contribution in [0, 0.1) is 5.82 Å². The monoisotopic (exact) mass is 357 g/mol. The van der Waals surface area contributed by atoms with Crippen LogP contribution in [-0.4, -0.2) is 16.7 Å². The molecule has 0 bridgehead atoms. The Morgan fingerprint density at radius 1 is 1.24 bits per heavy atom. The van der Waals surface area contributed by atoms with Crippen molar-refractivity contribution in [2.24, 2.45) is 0 Å². The van der Waals surface area contributed by atoms with Crippen molar-refractivity contribution in [3.05, 3.63) is 59.9 Å². The number of carbonyl (C=O) groups excluding carboxylic acids is 2. The summed E-state index contributed by atoms with van der Waals surface area (Å²) in [5, 5.41) is 0. The van der Waals surface area contributed by atoms with E-state index in [0.717, 1.165) is 10.6 Å². The second-order valence-electron chi connectivity index (χ2n) is 6.18. The number of thioether (sulfide) groups is 1. The van der Waals surface area contributed by atoms with Gasteiger partial charge in [0.25, 0.3) is 0 Å². The van der Waals surface area contributed by atoms with Crippen LogP contribution in [0.3, 0.4) is 0 Å². The Labute approximate surface area is 149 Å². The lowest BCUT2D eigenvalue weighted by Gasteiger charge is -2.30. The normalized spacial score (nSPS) is 22.5. The number of hydrogen-bond donors (Lipinski definition) is 0. The van der Waals surface area contributed by atoms with Crippen LogP contribution in [0.5, 0.6) is 0 Å². The van der Waals surface area contributed by atoms with E-state index in [-0.39, 0.29) is 11.7 Å². The zero-order chi connectivity index (χ0) is 17.6. The zero-order valence-electron chi connectivity index (χ0n) is 13.6. The number of para-hydroxylation sites is 1. The van der Waals surface area contributed by atoms with Crippen molar-refractivity contribution in [2.45, 2.75) is 35.6 Å². The van der Waals surface area contributed by atoms with Gasteiger partial charge in [-0.05, 0) is 36.8 Å². The molecule has 128 valence electrons. The van der Waals surface area contributed by atoms with Crippen LogP contribution in [0.4, 0.5) is 10.1 Å². The summed E-state index contributed by atoms with van der Waals surface area (Å²) in [4.78, 5) is 26.8. The molecule has 6 heteroatoms. The maximum absolute atomic E-state index is 13.1. The predicted octanol–water partition coefficient (Wildman–Crippen LogP) is 4.06. The summed E-state index contributed by atoms with van der Waals surface area (Å²) in [6.07, 6.45) is 0.214. The quantitative estimate of drug-likeness (QED) is 0.777. The number of benzene rings is 2. The lowest BCUT2D eigenvalue weighted by Crippen LogP contribution is -2.48. The van der Waals surface area contributed by atoms with Crippen molar-refractivity contribution in [2.75, 3.05) is 4.90 Å². The topological polar surface area (TPSA) is 46.6 Å². The van der Waals surface area contributed by atoms with E-state index in [1.54, 1.807) is 24.0 Å². The fraction of sp³-hybridized carbons (Fsp3) is 0.263. The Kier molecular flexibility index (Phi) is 3.80. The molecule has 1 amide bonds. The average Bonchev–Trinajstić information content (AvgIpc) is 3.11. The molecule has 25 heavy (non-hydrogen) atoms. The molecule has 0 saturated carbocycles. The van der Waals surface area contributed by atoms with E-state index in [4.69, 9.17) is 4.74 Å². The van der Waals surface area contributed by atoms with Crippen LogP contribution in [-0.2, 0) is 14.3 Å². The summed E-state index contributed by atoms with van der Waals surface area (Å²) >= 11 is 1.38. The second-order valence-corrected chi connectivity index (χ2v) is 7.50. The van der Waals surface area contributed by atoms with Gasteiger partial charge in [-0.3, -0.25) is 9.69 Å². The van der Waals surface area contributed by atoms with Gasteiger partial charge in [0.2, 0.25) is 5.91 Å². The molecule has 1 saturated heterocycles. The molecule has 2 aliphatic heterocycles. The minimum absolute atomic E-state index is 0.0659. The SMILES string of the molecule is C[C@@H](OC(=O)[C@@]12CCC(=O)N1c1ccccc1S2)c1ccc(F)cc1. The van der Waals surface area contributed by atoms with E-state index in [0.29, 0.717) is 18.4 Å². The molecule has 0 spiro atoms. The number of esters is 1. The van der Waals surface area contributed by atoms with Gasteiger partial charge >= 0.3 is 5.97 Å². The number of amides is 1. The molecule has 2 aromatic carbocycles. The summed E-state index contributed by atoms with van der Waals surface area (Å²) in [5.74, 6) is -0.838. The molecule has 0 radical (unpaired) electrons. The highest BCUT2D eigenvalue weighted by Gasteiger charge is 2.58. The van der Waals surface area contributed by atoms with Crippen molar-refractivity contribution >= 4 is 29.3 Å². The molecule has 0 N–H and O–H groups in total. The van der Waals surface area contributed by atoms with Gasteiger partial charge in [-0.1, -0.05) is 36.0 Å². The Morgan fingerprint density at radius 3 is 2.72 bits per heavy atom. The van der Waals surface area contributed by atoms with Gasteiger partial charge in [0.05, 0.1) is 5.69 Å². The van der Waals surface area contributed by atoms with E-state index in [1.807, 2.05) is 24.3 Å². The highest BCUT2D eigenvalue weighted by atomic mass is 32.2. The largest absolute Gasteiger partial charge is 0.455 e. The minimum Gasteiger partial charge on any atom is -0.455 e. The molecule has 2 aliphatic rings. The van der Waals surface area contributed by atoms with Crippen LogP contribution in [0.25, 0.3) is 0 Å². The molecule has 0 aliphatic carbocycles. The highest BCUT2D eigenvalue weighted by Crippen LogP contribution is 2.56. The molecule has 1 fully saturated rings. The molecule has 2 heterocycles. The van der Waals surface area contributed by atoms with Gasteiger partial charge in [0.15, 0.2) is 4.87 Å². The Balaban J connectivity index is 1.61. The van der Waals surface area contributed by atoms with E-state index in [2.05, 4.69) is 0 Å². The molecular weight excluding hydrogens is 341 g/mol. The first-order valence-corrected chi connectivity index (χ1v) is 8.90. The molecule has 2 aromatic rings. The van der Waals surface area contributed by atoms with E-state index >= 15 is 0 Å². The molecular formula is C19H16FNO3S. The zero-order valence-corrected chi connectivity index (χ0v) is 14.4. The third-order valence-corrected chi connectivity index (χ3v) is 6.07. The van der Waals surface area contributed by atoms with Crippen molar-refractivity contribution in [3.8, 4) is 0 Å². The van der Waals surface area contributed by atoms with Gasteiger partial charge in [0.1, 0.15) is 11.9 Å². The molecule has 2 atom stereocenters. The van der Waals surface area contributed by atoms with E-state index in [1.165, 1.54) is 23.9 Å². The van der Waals surface area contributed by atoms with Crippen LogP contribution >= 0.6 is 11.8 Å². The Hall–Kier alpha value is -2.34. The van der Waals surface area contributed by atoms with Crippen molar-refractivity contribution in [1.29, 1.82) is 0 Å². The van der Waals surface area contributed by atoms with Crippen molar-refractivity contribution in [1.82, 2.24) is 0 Å². The molecule has 0 unspecified atom stereocenters. The number of halogens is 1. The lowest BCUT2D eigenvalue weighted by atomic mass is 10.1. The van der Waals surface area contributed by atoms with Gasteiger partial charge in [0, 0.05) is 17.7 Å². The summed E-state index contributed by atoms with van der Waals surface area (Å²) in [7, 11) is 0. The van der Waals surface area contributed by atoms with Crippen LogP contribution in [0.2, 0.25) is 0 Å². The fourth-order valence-corrected chi connectivity index (χ4v) is 4.73. The molecule has 0 aromatic heterocycles. The van der Waals surface area contributed by atoms with Crippen molar-refractivity contribution < 1.29 is 18.7 Å². The second kappa shape index (κ2) is 5.88. The predicted molar refractivity (Wildman–Crippen MR) is 92.7 cm³/mol. The summed E-state index contributed by atoms with van der Waals surface area (Å²) in [6.45, 7) is 1.75. The smallest absolute Gasteiger partial charge is 0.344 e.